The molecule has 1 fully saturated rings. The number of carboxylic acid groups (broad SMARTS) is 1. The number of hydrogen-bond donors (Lipinski definition) is 3. The van der Waals surface area contributed by atoms with Crippen molar-refractivity contribution in [2.45, 2.75) is 25.4 Å². The van der Waals surface area contributed by atoms with Crippen molar-refractivity contribution in [1.29, 1.82) is 0 Å². The first-order chi connectivity index (χ1) is 12.1. The maximum atomic E-state index is 10.7. The SMILES string of the molecule is Cl.O=C(O)Cc1ccc(Nc2ncc(Cl)c(NCC3CCCO3)n2)cc1. The molecule has 140 valence electrons. The predicted molar refractivity (Wildman–Crippen MR) is 103 cm³/mol. The van der Waals surface area contributed by atoms with Crippen LogP contribution in [0.25, 0.3) is 0 Å². The Morgan fingerprint density at radius 3 is 2.77 bits per heavy atom. The molecule has 1 saturated heterocycles. The van der Waals surface area contributed by atoms with Gasteiger partial charge in [0.2, 0.25) is 5.95 Å². The third-order valence-corrected chi connectivity index (χ3v) is 4.11. The minimum Gasteiger partial charge on any atom is -0.481 e. The van der Waals surface area contributed by atoms with Crippen LogP contribution in [0.4, 0.5) is 17.5 Å². The van der Waals surface area contributed by atoms with Crippen LogP contribution in [0.3, 0.4) is 0 Å². The van der Waals surface area contributed by atoms with Gasteiger partial charge in [-0.2, -0.15) is 4.98 Å². The zero-order valence-corrected chi connectivity index (χ0v) is 15.5. The fourth-order valence-electron chi connectivity index (χ4n) is 2.58. The van der Waals surface area contributed by atoms with E-state index in [1.54, 1.807) is 24.3 Å². The van der Waals surface area contributed by atoms with Crippen LogP contribution in [0.1, 0.15) is 18.4 Å². The van der Waals surface area contributed by atoms with E-state index in [1.165, 1.54) is 6.20 Å². The van der Waals surface area contributed by atoms with E-state index in [4.69, 9.17) is 21.4 Å². The third-order valence-electron chi connectivity index (χ3n) is 3.83. The lowest BCUT2D eigenvalue weighted by molar-refractivity contribution is -0.136. The maximum Gasteiger partial charge on any atom is 0.307 e. The second kappa shape index (κ2) is 9.56. The molecule has 1 aliphatic heterocycles. The van der Waals surface area contributed by atoms with Gasteiger partial charge in [-0.1, -0.05) is 23.7 Å². The molecular weight excluding hydrogens is 379 g/mol. The van der Waals surface area contributed by atoms with Crippen LogP contribution in [0.5, 0.6) is 0 Å². The van der Waals surface area contributed by atoms with E-state index in [9.17, 15) is 4.79 Å². The Labute approximate surface area is 162 Å². The molecule has 1 aromatic heterocycles. The van der Waals surface area contributed by atoms with E-state index in [0.29, 0.717) is 23.3 Å². The average molecular weight is 399 g/mol. The van der Waals surface area contributed by atoms with Gasteiger partial charge in [0.05, 0.1) is 18.7 Å². The lowest BCUT2D eigenvalue weighted by atomic mass is 10.1. The summed E-state index contributed by atoms with van der Waals surface area (Å²) in [6.07, 6.45) is 3.82. The van der Waals surface area contributed by atoms with Gasteiger partial charge in [-0.15, -0.1) is 12.4 Å². The van der Waals surface area contributed by atoms with Crippen LogP contribution in [-0.2, 0) is 16.0 Å². The zero-order valence-electron chi connectivity index (χ0n) is 13.9. The largest absolute Gasteiger partial charge is 0.481 e. The molecule has 0 spiro atoms. The normalized spacial score (nSPS) is 16.0. The first-order valence-electron chi connectivity index (χ1n) is 8.06. The summed E-state index contributed by atoms with van der Waals surface area (Å²) in [5, 5.41) is 15.5. The van der Waals surface area contributed by atoms with Crippen molar-refractivity contribution in [3.63, 3.8) is 0 Å². The highest BCUT2D eigenvalue weighted by Gasteiger charge is 2.16. The van der Waals surface area contributed by atoms with Crippen LogP contribution in [-0.4, -0.2) is 40.3 Å². The van der Waals surface area contributed by atoms with E-state index in [1.807, 2.05) is 0 Å². The zero-order chi connectivity index (χ0) is 17.6. The molecule has 0 aliphatic carbocycles. The Kier molecular flexibility index (Phi) is 7.44. The van der Waals surface area contributed by atoms with Gasteiger partial charge in [0.1, 0.15) is 5.02 Å². The lowest BCUT2D eigenvalue weighted by Gasteiger charge is -2.13. The van der Waals surface area contributed by atoms with E-state index < -0.39 is 5.97 Å². The topological polar surface area (TPSA) is 96.4 Å². The molecule has 1 aliphatic rings. The minimum absolute atomic E-state index is 0. The molecule has 2 heterocycles. The van der Waals surface area contributed by atoms with Crippen molar-refractivity contribution < 1.29 is 14.6 Å². The van der Waals surface area contributed by atoms with E-state index in [2.05, 4.69) is 20.6 Å². The highest BCUT2D eigenvalue weighted by atomic mass is 35.5. The monoisotopic (exact) mass is 398 g/mol. The standard InChI is InChI=1S/C17H19ClN4O3.ClH/c18-14-10-20-17(22-16(14)19-9-13-2-1-7-25-13)21-12-5-3-11(4-6-12)8-15(23)24;/h3-6,10,13H,1-2,7-9H2,(H,23,24)(H2,19,20,21,22);1H. The molecule has 0 saturated carbocycles. The summed E-state index contributed by atoms with van der Waals surface area (Å²) in [4.78, 5) is 19.3. The molecule has 26 heavy (non-hydrogen) atoms. The van der Waals surface area contributed by atoms with Gasteiger partial charge in [0, 0.05) is 18.8 Å². The van der Waals surface area contributed by atoms with Crippen molar-refractivity contribution in [1.82, 2.24) is 9.97 Å². The van der Waals surface area contributed by atoms with Crippen LogP contribution >= 0.6 is 24.0 Å². The highest BCUT2D eigenvalue weighted by molar-refractivity contribution is 6.32. The summed E-state index contributed by atoms with van der Waals surface area (Å²) in [6, 6.07) is 7.08. The average Bonchev–Trinajstić information content (AvgIpc) is 3.10. The molecule has 1 atom stereocenters. The van der Waals surface area contributed by atoms with Gasteiger partial charge < -0.3 is 20.5 Å². The Balaban J connectivity index is 0.00000243. The molecule has 2 aromatic rings. The molecule has 1 aromatic carbocycles. The van der Waals surface area contributed by atoms with Gasteiger partial charge in [-0.3, -0.25) is 4.79 Å². The Hall–Kier alpha value is -2.09. The summed E-state index contributed by atoms with van der Waals surface area (Å²) in [5.41, 5.74) is 1.50. The van der Waals surface area contributed by atoms with Crippen molar-refractivity contribution >= 4 is 47.4 Å². The third kappa shape index (κ3) is 5.72. The lowest BCUT2D eigenvalue weighted by Crippen LogP contribution is -2.19. The number of rotatable bonds is 7. The molecule has 1 unspecified atom stereocenters. The van der Waals surface area contributed by atoms with E-state index >= 15 is 0 Å². The number of ether oxygens (including phenoxy) is 1. The molecule has 3 N–H and O–H groups in total. The highest BCUT2D eigenvalue weighted by Crippen LogP contribution is 2.22. The summed E-state index contributed by atoms with van der Waals surface area (Å²) in [5.74, 6) is 0.103. The Bertz CT molecular complexity index is 737. The first kappa shape index (κ1) is 20.2. The molecule has 9 heteroatoms. The number of hydrogen-bond acceptors (Lipinski definition) is 6. The number of halogens is 2. The Morgan fingerprint density at radius 1 is 1.35 bits per heavy atom. The quantitative estimate of drug-likeness (QED) is 0.656. The number of aliphatic carboxylic acids is 1. The van der Waals surface area contributed by atoms with Crippen molar-refractivity contribution in [2.24, 2.45) is 0 Å². The van der Waals surface area contributed by atoms with Gasteiger partial charge in [0.25, 0.3) is 0 Å². The molecule has 3 rings (SSSR count). The number of nitrogens with one attached hydrogen (secondary N) is 2. The summed E-state index contributed by atoms with van der Waals surface area (Å²) >= 11 is 6.14. The maximum absolute atomic E-state index is 10.7. The number of anilines is 3. The number of benzene rings is 1. The van der Waals surface area contributed by atoms with Gasteiger partial charge >= 0.3 is 5.97 Å². The van der Waals surface area contributed by atoms with Crippen LogP contribution in [0.2, 0.25) is 5.02 Å². The first-order valence-corrected chi connectivity index (χ1v) is 8.44. The summed E-state index contributed by atoms with van der Waals surface area (Å²) in [7, 11) is 0. The number of carboxylic acids is 1. The van der Waals surface area contributed by atoms with Crippen molar-refractivity contribution in [3.05, 3.63) is 41.0 Å². The predicted octanol–water partition coefficient (Wildman–Crippen LogP) is 3.51. The fourth-order valence-corrected chi connectivity index (χ4v) is 2.73. The van der Waals surface area contributed by atoms with Crippen LogP contribution in [0, 0.1) is 0 Å². The van der Waals surface area contributed by atoms with Gasteiger partial charge in [-0.05, 0) is 30.5 Å². The summed E-state index contributed by atoms with van der Waals surface area (Å²) in [6.45, 7) is 1.45. The Morgan fingerprint density at radius 2 is 2.12 bits per heavy atom. The van der Waals surface area contributed by atoms with E-state index in [0.717, 1.165) is 30.7 Å². The summed E-state index contributed by atoms with van der Waals surface area (Å²) < 4.78 is 5.57. The van der Waals surface area contributed by atoms with Crippen LogP contribution < -0.4 is 10.6 Å². The second-order valence-corrected chi connectivity index (χ2v) is 6.21. The molecular formula is C17H20Cl2N4O3. The van der Waals surface area contributed by atoms with Crippen LogP contribution in [0.15, 0.2) is 30.5 Å². The number of nitrogens with zero attached hydrogens (tertiary/aromatic N) is 2. The molecule has 7 nitrogen and oxygen atoms in total. The number of aromatic nitrogens is 2. The molecule has 0 bridgehead atoms. The van der Waals surface area contributed by atoms with E-state index in [-0.39, 0.29) is 24.9 Å². The molecule has 0 amide bonds. The van der Waals surface area contributed by atoms with Gasteiger partial charge in [0.15, 0.2) is 5.82 Å². The van der Waals surface area contributed by atoms with Crippen molar-refractivity contribution in [2.75, 3.05) is 23.8 Å². The number of carbonyl (C=O) groups is 1. The molecule has 0 radical (unpaired) electrons. The fraction of sp³-hybridized carbons (Fsp3) is 0.353. The second-order valence-electron chi connectivity index (χ2n) is 5.80. The van der Waals surface area contributed by atoms with Crippen molar-refractivity contribution in [3.8, 4) is 0 Å². The van der Waals surface area contributed by atoms with Gasteiger partial charge in [-0.25, -0.2) is 4.98 Å². The smallest absolute Gasteiger partial charge is 0.307 e. The minimum atomic E-state index is -0.858.